The summed E-state index contributed by atoms with van der Waals surface area (Å²) in [4.78, 5) is 4.18. The fourth-order valence-electron chi connectivity index (χ4n) is 1.07. The van der Waals surface area contributed by atoms with Gasteiger partial charge in [0.15, 0.2) is 0 Å². The van der Waals surface area contributed by atoms with Gasteiger partial charge in [0.25, 0.3) is 0 Å². The van der Waals surface area contributed by atoms with Crippen molar-refractivity contribution in [2.24, 2.45) is 0 Å². The van der Waals surface area contributed by atoms with Crippen LogP contribution in [-0.2, 0) is 11.3 Å². The first kappa shape index (κ1) is 10.9. The Morgan fingerprint density at radius 3 is 3.00 bits per heavy atom. The van der Waals surface area contributed by atoms with Gasteiger partial charge in [0, 0.05) is 25.9 Å². The van der Waals surface area contributed by atoms with Gasteiger partial charge in [0.05, 0.1) is 12.3 Å². The van der Waals surface area contributed by atoms with Crippen LogP contribution in [0.4, 0.5) is 0 Å². The molecule has 0 aliphatic heterocycles. The summed E-state index contributed by atoms with van der Waals surface area (Å²) in [7, 11) is 3.54. The Morgan fingerprint density at radius 1 is 1.43 bits per heavy atom. The smallest absolute Gasteiger partial charge is 0.122 e. The maximum Gasteiger partial charge on any atom is 0.122 e. The number of pyridine rings is 1. The van der Waals surface area contributed by atoms with Gasteiger partial charge in [-0.2, -0.15) is 0 Å². The second-order valence-electron chi connectivity index (χ2n) is 2.85. The summed E-state index contributed by atoms with van der Waals surface area (Å²) in [6.45, 7) is 1.92. The molecule has 4 heteroatoms. The molecule has 0 unspecified atom stereocenters. The van der Waals surface area contributed by atoms with E-state index < -0.39 is 0 Å². The standard InChI is InChI=1S/C10H16N2O2/c1-11-8-9-7-10(3-4-12-9)14-6-5-13-2/h3-4,7,11H,5-6,8H2,1-2H3. The Balaban J connectivity index is 2.46. The van der Waals surface area contributed by atoms with Gasteiger partial charge in [-0.25, -0.2) is 0 Å². The number of aromatic nitrogens is 1. The van der Waals surface area contributed by atoms with Gasteiger partial charge in [-0.3, -0.25) is 4.98 Å². The first-order chi connectivity index (χ1) is 6.86. The monoisotopic (exact) mass is 196 g/mol. The third-order valence-electron chi connectivity index (χ3n) is 1.70. The largest absolute Gasteiger partial charge is 0.491 e. The number of nitrogens with one attached hydrogen (secondary N) is 1. The molecule has 1 aromatic heterocycles. The van der Waals surface area contributed by atoms with Crippen LogP contribution in [0.25, 0.3) is 0 Å². The van der Waals surface area contributed by atoms with E-state index in [4.69, 9.17) is 9.47 Å². The number of hydrogen-bond donors (Lipinski definition) is 1. The van der Waals surface area contributed by atoms with Crippen LogP contribution in [0, 0.1) is 0 Å². The molecule has 0 spiro atoms. The molecular formula is C10H16N2O2. The Labute approximate surface area is 84.3 Å². The summed E-state index contributed by atoms with van der Waals surface area (Å²) in [6, 6.07) is 3.76. The molecule has 1 rings (SSSR count). The lowest BCUT2D eigenvalue weighted by Crippen LogP contribution is -2.08. The van der Waals surface area contributed by atoms with Crippen molar-refractivity contribution >= 4 is 0 Å². The molecule has 0 saturated carbocycles. The average molecular weight is 196 g/mol. The van der Waals surface area contributed by atoms with Crippen LogP contribution in [0.15, 0.2) is 18.3 Å². The van der Waals surface area contributed by atoms with E-state index in [2.05, 4.69) is 10.3 Å². The molecule has 78 valence electrons. The molecule has 0 atom stereocenters. The van der Waals surface area contributed by atoms with Crippen LogP contribution in [0.1, 0.15) is 5.69 Å². The molecule has 4 nitrogen and oxygen atoms in total. The van der Waals surface area contributed by atoms with Gasteiger partial charge in [0.2, 0.25) is 0 Å². The van der Waals surface area contributed by atoms with Crippen molar-refractivity contribution in [3.05, 3.63) is 24.0 Å². The van der Waals surface area contributed by atoms with Crippen LogP contribution in [0.3, 0.4) is 0 Å². The van der Waals surface area contributed by atoms with Crippen molar-refractivity contribution in [3.8, 4) is 5.75 Å². The molecule has 0 radical (unpaired) electrons. The highest BCUT2D eigenvalue weighted by Gasteiger charge is 1.96. The normalized spacial score (nSPS) is 10.1. The lowest BCUT2D eigenvalue weighted by atomic mass is 10.3. The molecule has 0 aliphatic carbocycles. The van der Waals surface area contributed by atoms with Gasteiger partial charge in [-0.15, -0.1) is 0 Å². The third-order valence-corrected chi connectivity index (χ3v) is 1.70. The van der Waals surface area contributed by atoms with Gasteiger partial charge in [0.1, 0.15) is 12.4 Å². The van der Waals surface area contributed by atoms with Crippen molar-refractivity contribution in [3.63, 3.8) is 0 Å². The van der Waals surface area contributed by atoms with E-state index >= 15 is 0 Å². The van der Waals surface area contributed by atoms with E-state index in [0.29, 0.717) is 13.2 Å². The zero-order chi connectivity index (χ0) is 10.2. The van der Waals surface area contributed by atoms with Crippen LogP contribution in [0.5, 0.6) is 5.75 Å². The summed E-state index contributed by atoms with van der Waals surface area (Å²) in [5.41, 5.74) is 0.974. The number of hydrogen-bond acceptors (Lipinski definition) is 4. The fraction of sp³-hybridized carbons (Fsp3) is 0.500. The second kappa shape index (κ2) is 6.34. The predicted octanol–water partition coefficient (Wildman–Crippen LogP) is 0.826. The molecular weight excluding hydrogens is 180 g/mol. The molecule has 0 amide bonds. The highest BCUT2D eigenvalue weighted by Crippen LogP contribution is 2.10. The summed E-state index contributed by atoms with van der Waals surface area (Å²) in [5.74, 6) is 0.835. The van der Waals surface area contributed by atoms with Crippen molar-refractivity contribution < 1.29 is 9.47 Å². The second-order valence-corrected chi connectivity index (χ2v) is 2.85. The minimum absolute atomic E-state index is 0.569. The van der Waals surface area contributed by atoms with Gasteiger partial charge >= 0.3 is 0 Å². The minimum Gasteiger partial charge on any atom is -0.491 e. The molecule has 0 fully saturated rings. The Kier molecular flexibility index (Phi) is 4.96. The maximum atomic E-state index is 5.44. The molecule has 0 aliphatic rings. The maximum absolute atomic E-state index is 5.44. The lowest BCUT2D eigenvalue weighted by molar-refractivity contribution is 0.146. The number of methoxy groups -OCH3 is 1. The van der Waals surface area contributed by atoms with Gasteiger partial charge in [-0.05, 0) is 13.1 Å². The van der Waals surface area contributed by atoms with Gasteiger partial charge in [-0.1, -0.05) is 0 Å². The van der Waals surface area contributed by atoms with Crippen molar-refractivity contribution in [1.82, 2.24) is 10.3 Å². The molecule has 1 N–H and O–H groups in total. The van der Waals surface area contributed by atoms with Crippen LogP contribution >= 0.6 is 0 Å². The zero-order valence-corrected chi connectivity index (χ0v) is 8.62. The topological polar surface area (TPSA) is 43.4 Å². The van der Waals surface area contributed by atoms with Crippen LogP contribution in [-0.4, -0.2) is 32.4 Å². The SMILES string of the molecule is CNCc1cc(OCCOC)ccn1. The van der Waals surface area contributed by atoms with E-state index in [1.54, 1.807) is 13.3 Å². The summed E-state index contributed by atoms with van der Waals surface area (Å²) in [6.07, 6.45) is 1.74. The molecule has 14 heavy (non-hydrogen) atoms. The van der Waals surface area contributed by atoms with E-state index in [9.17, 15) is 0 Å². The van der Waals surface area contributed by atoms with E-state index in [0.717, 1.165) is 18.0 Å². The molecule has 0 bridgehead atoms. The van der Waals surface area contributed by atoms with Crippen LogP contribution < -0.4 is 10.1 Å². The highest BCUT2D eigenvalue weighted by molar-refractivity contribution is 5.22. The number of ether oxygens (including phenoxy) is 2. The Morgan fingerprint density at radius 2 is 2.29 bits per heavy atom. The number of rotatable bonds is 6. The predicted molar refractivity (Wildman–Crippen MR) is 54.4 cm³/mol. The molecule has 1 heterocycles. The summed E-state index contributed by atoms with van der Waals surface area (Å²) in [5, 5.41) is 3.04. The first-order valence-corrected chi connectivity index (χ1v) is 4.58. The average Bonchev–Trinajstić information content (AvgIpc) is 2.19. The van der Waals surface area contributed by atoms with Crippen LogP contribution in [0.2, 0.25) is 0 Å². The summed E-state index contributed by atoms with van der Waals surface area (Å²) < 4.78 is 10.3. The van der Waals surface area contributed by atoms with Gasteiger partial charge < -0.3 is 14.8 Å². The first-order valence-electron chi connectivity index (χ1n) is 4.58. The van der Waals surface area contributed by atoms with Crippen molar-refractivity contribution in [2.75, 3.05) is 27.4 Å². The zero-order valence-electron chi connectivity index (χ0n) is 8.62. The Hall–Kier alpha value is -1.13. The summed E-state index contributed by atoms with van der Waals surface area (Å²) >= 11 is 0. The van der Waals surface area contributed by atoms with Crippen molar-refractivity contribution in [2.45, 2.75) is 6.54 Å². The number of nitrogens with zero attached hydrogens (tertiary/aromatic N) is 1. The molecule has 0 saturated heterocycles. The fourth-order valence-corrected chi connectivity index (χ4v) is 1.07. The molecule has 0 aromatic carbocycles. The lowest BCUT2D eigenvalue weighted by Gasteiger charge is -2.06. The highest BCUT2D eigenvalue weighted by atomic mass is 16.5. The van der Waals surface area contributed by atoms with Crippen molar-refractivity contribution in [1.29, 1.82) is 0 Å². The van der Waals surface area contributed by atoms with E-state index in [-0.39, 0.29) is 0 Å². The van der Waals surface area contributed by atoms with E-state index in [1.165, 1.54) is 0 Å². The third kappa shape index (κ3) is 3.72. The Bertz CT molecular complexity index is 266. The quantitative estimate of drug-likeness (QED) is 0.684. The minimum atomic E-state index is 0.569. The van der Waals surface area contributed by atoms with E-state index in [1.807, 2.05) is 19.2 Å². The molecule has 1 aromatic rings.